The Kier molecular flexibility index (Phi) is 6.06. The molecule has 0 bridgehead atoms. The average molecular weight is 401 g/mol. The van der Waals surface area contributed by atoms with E-state index in [2.05, 4.69) is 10.3 Å². The summed E-state index contributed by atoms with van der Waals surface area (Å²) in [5.41, 5.74) is 1.61. The van der Waals surface area contributed by atoms with Crippen molar-refractivity contribution < 1.29 is 14.3 Å². The predicted octanol–water partition coefficient (Wildman–Crippen LogP) is 5.00. The highest BCUT2D eigenvalue weighted by molar-refractivity contribution is 6.35. The lowest BCUT2D eigenvalue weighted by molar-refractivity contribution is 0.0472. The highest BCUT2D eigenvalue weighted by Gasteiger charge is 2.14. The Morgan fingerprint density at radius 3 is 2.52 bits per heavy atom. The molecule has 0 radical (unpaired) electrons. The number of benzene rings is 2. The largest absolute Gasteiger partial charge is 0.457 e. The van der Waals surface area contributed by atoms with Crippen LogP contribution in [0.3, 0.4) is 0 Å². The average Bonchev–Trinajstić information content (AvgIpc) is 2.69. The third-order valence-electron chi connectivity index (χ3n) is 3.60. The first-order valence-corrected chi connectivity index (χ1v) is 8.73. The monoisotopic (exact) mass is 400 g/mol. The van der Waals surface area contributed by atoms with Gasteiger partial charge in [0.25, 0.3) is 5.91 Å². The molecule has 0 aliphatic rings. The summed E-state index contributed by atoms with van der Waals surface area (Å²) in [6.45, 7) is 0.165. The van der Waals surface area contributed by atoms with Crippen LogP contribution < -0.4 is 5.32 Å². The van der Waals surface area contributed by atoms with Crippen LogP contribution in [0.15, 0.2) is 66.7 Å². The molecule has 1 aromatic heterocycles. The molecule has 27 heavy (non-hydrogen) atoms. The maximum atomic E-state index is 12.3. The van der Waals surface area contributed by atoms with Crippen LogP contribution in [-0.4, -0.2) is 16.9 Å². The minimum Gasteiger partial charge on any atom is -0.457 e. The fourth-order valence-electron chi connectivity index (χ4n) is 2.30. The number of esters is 1. The number of hydrogen-bond acceptors (Lipinski definition) is 4. The number of aromatic nitrogens is 1. The van der Waals surface area contributed by atoms with Crippen molar-refractivity contribution in [2.45, 2.75) is 6.61 Å². The number of hydrogen-bond donors (Lipinski definition) is 1. The van der Waals surface area contributed by atoms with Gasteiger partial charge < -0.3 is 10.1 Å². The van der Waals surface area contributed by atoms with Gasteiger partial charge in [-0.2, -0.15) is 0 Å². The van der Waals surface area contributed by atoms with E-state index in [4.69, 9.17) is 27.9 Å². The van der Waals surface area contributed by atoms with Crippen LogP contribution in [-0.2, 0) is 11.3 Å². The van der Waals surface area contributed by atoms with Crippen LogP contribution in [0.4, 0.5) is 5.69 Å². The molecule has 0 aliphatic heterocycles. The zero-order valence-corrected chi connectivity index (χ0v) is 15.5. The Balaban J connectivity index is 1.68. The fourth-order valence-corrected chi connectivity index (χ4v) is 2.64. The van der Waals surface area contributed by atoms with E-state index in [-0.39, 0.29) is 22.5 Å². The third-order valence-corrected chi connectivity index (χ3v) is 4.11. The molecule has 1 amide bonds. The van der Waals surface area contributed by atoms with Crippen molar-refractivity contribution in [3.05, 3.63) is 93.7 Å². The Labute approximate surface area is 165 Å². The SMILES string of the molecule is O=C(OCc1ccccc1)c1cccc(NC(=O)c2nc(Cl)ccc2Cl)c1. The Morgan fingerprint density at radius 1 is 0.963 bits per heavy atom. The van der Waals surface area contributed by atoms with Crippen molar-refractivity contribution in [2.24, 2.45) is 0 Å². The quantitative estimate of drug-likeness (QED) is 0.483. The van der Waals surface area contributed by atoms with E-state index in [1.165, 1.54) is 18.2 Å². The van der Waals surface area contributed by atoms with Gasteiger partial charge in [0.2, 0.25) is 0 Å². The first-order valence-electron chi connectivity index (χ1n) is 7.97. The van der Waals surface area contributed by atoms with Crippen molar-refractivity contribution in [1.29, 1.82) is 0 Å². The summed E-state index contributed by atoms with van der Waals surface area (Å²) in [6, 6.07) is 18.7. The Morgan fingerprint density at radius 2 is 1.74 bits per heavy atom. The summed E-state index contributed by atoms with van der Waals surface area (Å²) >= 11 is 11.8. The molecule has 0 fully saturated rings. The standard InChI is InChI=1S/C20H14Cl2N2O3/c21-16-9-10-17(22)24-18(16)19(25)23-15-8-4-7-14(11-15)20(26)27-12-13-5-2-1-3-6-13/h1-11H,12H2,(H,23,25). The summed E-state index contributed by atoms with van der Waals surface area (Å²) in [6.07, 6.45) is 0. The number of amides is 1. The number of rotatable bonds is 5. The summed E-state index contributed by atoms with van der Waals surface area (Å²) in [5.74, 6) is -1.02. The number of anilines is 1. The van der Waals surface area contributed by atoms with Gasteiger partial charge in [-0.05, 0) is 35.9 Å². The third kappa shape index (κ3) is 5.06. The second kappa shape index (κ2) is 8.66. The maximum absolute atomic E-state index is 12.3. The van der Waals surface area contributed by atoms with Gasteiger partial charge in [-0.15, -0.1) is 0 Å². The molecule has 3 aromatic rings. The van der Waals surface area contributed by atoms with Crippen molar-refractivity contribution in [3.8, 4) is 0 Å². The van der Waals surface area contributed by atoms with E-state index < -0.39 is 11.9 Å². The van der Waals surface area contributed by atoms with Gasteiger partial charge in [-0.3, -0.25) is 4.79 Å². The molecule has 0 saturated carbocycles. The molecule has 136 valence electrons. The lowest BCUT2D eigenvalue weighted by Gasteiger charge is -2.09. The van der Waals surface area contributed by atoms with E-state index in [0.717, 1.165) is 5.56 Å². The summed E-state index contributed by atoms with van der Waals surface area (Å²) < 4.78 is 5.29. The molecule has 5 nitrogen and oxygen atoms in total. The van der Waals surface area contributed by atoms with Crippen molar-refractivity contribution in [3.63, 3.8) is 0 Å². The molecule has 3 rings (SSSR count). The van der Waals surface area contributed by atoms with Crippen LogP contribution in [0.1, 0.15) is 26.4 Å². The molecular formula is C20H14Cl2N2O3. The number of nitrogens with zero attached hydrogens (tertiary/aromatic N) is 1. The highest BCUT2D eigenvalue weighted by Crippen LogP contribution is 2.19. The van der Waals surface area contributed by atoms with E-state index >= 15 is 0 Å². The van der Waals surface area contributed by atoms with Crippen LogP contribution >= 0.6 is 23.2 Å². The van der Waals surface area contributed by atoms with E-state index in [1.807, 2.05) is 30.3 Å². The predicted molar refractivity (Wildman–Crippen MR) is 104 cm³/mol. The maximum Gasteiger partial charge on any atom is 0.338 e. The molecule has 0 atom stereocenters. The van der Waals surface area contributed by atoms with Gasteiger partial charge >= 0.3 is 5.97 Å². The zero-order valence-electron chi connectivity index (χ0n) is 14.0. The summed E-state index contributed by atoms with van der Waals surface area (Å²) in [4.78, 5) is 28.5. The number of carbonyl (C=O) groups excluding carboxylic acids is 2. The Hall–Kier alpha value is -2.89. The van der Waals surface area contributed by atoms with E-state index in [1.54, 1.807) is 18.2 Å². The normalized spacial score (nSPS) is 10.3. The van der Waals surface area contributed by atoms with Crippen LogP contribution in [0.2, 0.25) is 10.2 Å². The molecule has 0 spiro atoms. The molecule has 1 heterocycles. The zero-order chi connectivity index (χ0) is 19.2. The first-order chi connectivity index (χ1) is 13.0. The molecule has 2 aromatic carbocycles. The summed E-state index contributed by atoms with van der Waals surface area (Å²) in [7, 11) is 0. The van der Waals surface area contributed by atoms with Crippen molar-refractivity contribution in [1.82, 2.24) is 4.98 Å². The smallest absolute Gasteiger partial charge is 0.338 e. The van der Waals surface area contributed by atoms with Crippen LogP contribution in [0.25, 0.3) is 0 Å². The van der Waals surface area contributed by atoms with Crippen LogP contribution in [0, 0.1) is 0 Å². The molecule has 0 unspecified atom stereocenters. The topological polar surface area (TPSA) is 68.3 Å². The van der Waals surface area contributed by atoms with Crippen molar-refractivity contribution >= 4 is 40.8 Å². The van der Waals surface area contributed by atoms with Crippen molar-refractivity contribution in [2.75, 3.05) is 5.32 Å². The van der Waals surface area contributed by atoms with Gasteiger partial charge in [0.05, 0.1) is 10.6 Å². The number of nitrogens with one attached hydrogen (secondary N) is 1. The lowest BCUT2D eigenvalue weighted by atomic mass is 10.2. The van der Waals surface area contributed by atoms with Gasteiger partial charge in [-0.25, -0.2) is 9.78 Å². The lowest BCUT2D eigenvalue weighted by Crippen LogP contribution is -2.15. The van der Waals surface area contributed by atoms with Gasteiger partial charge in [0.15, 0.2) is 0 Å². The van der Waals surface area contributed by atoms with Gasteiger partial charge in [0.1, 0.15) is 17.5 Å². The molecule has 1 N–H and O–H groups in total. The second-order valence-corrected chi connectivity index (χ2v) is 6.36. The second-order valence-electron chi connectivity index (χ2n) is 5.56. The van der Waals surface area contributed by atoms with Gasteiger partial charge in [-0.1, -0.05) is 59.6 Å². The minimum atomic E-state index is -0.530. The number of carbonyl (C=O) groups is 2. The molecule has 0 saturated heterocycles. The Bertz CT molecular complexity index is 978. The number of halogens is 2. The number of pyridine rings is 1. The number of ether oxygens (including phenoxy) is 1. The highest BCUT2D eigenvalue weighted by atomic mass is 35.5. The van der Waals surface area contributed by atoms with E-state index in [9.17, 15) is 9.59 Å². The fraction of sp³-hybridized carbons (Fsp3) is 0.0500. The summed E-state index contributed by atoms with van der Waals surface area (Å²) in [5, 5.41) is 2.97. The first kappa shape index (κ1) is 18.9. The molecule has 0 aliphatic carbocycles. The minimum absolute atomic E-state index is 0.00113. The molecule has 7 heteroatoms. The molecular weight excluding hydrogens is 387 g/mol. The van der Waals surface area contributed by atoms with E-state index in [0.29, 0.717) is 11.3 Å². The van der Waals surface area contributed by atoms with Crippen LogP contribution in [0.5, 0.6) is 0 Å². The van der Waals surface area contributed by atoms with Gasteiger partial charge in [0, 0.05) is 5.69 Å².